The molecule has 10 heteroatoms. The van der Waals surface area contributed by atoms with E-state index in [1.807, 2.05) is 6.08 Å². The molecule has 1 saturated heterocycles. The first-order valence-electron chi connectivity index (χ1n) is 21.2. The van der Waals surface area contributed by atoms with Gasteiger partial charge in [-0.15, -0.1) is 0 Å². The number of nitrogens with one attached hydrogen (secondary N) is 1. The van der Waals surface area contributed by atoms with Crippen molar-refractivity contribution in [3.63, 3.8) is 0 Å². The van der Waals surface area contributed by atoms with Crippen molar-refractivity contribution in [1.29, 1.82) is 0 Å². The number of ether oxygens (including phenoxy) is 2. The van der Waals surface area contributed by atoms with Gasteiger partial charge in [0.15, 0.2) is 6.29 Å². The molecule has 1 aliphatic rings. The largest absolute Gasteiger partial charge is 0.394 e. The lowest BCUT2D eigenvalue weighted by atomic mass is 9.99. The van der Waals surface area contributed by atoms with E-state index in [9.17, 15) is 35.4 Å². The molecule has 0 aromatic heterocycles. The number of hydrogen-bond donors (Lipinski definition) is 7. The van der Waals surface area contributed by atoms with E-state index in [2.05, 4.69) is 31.3 Å². The molecule has 306 valence electrons. The molecule has 0 aromatic carbocycles. The summed E-state index contributed by atoms with van der Waals surface area (Å²) in [5.41, 5.74) is 0. The highest BCUT2D eigenvalue weighted by Gasteiger charge is 2.44. The van der Waals surface area contributed by atoms with E-state index < -0.39 is 61.5 Å². The first-order valence-corrected chi connectivity index (χ1v) is 21.2. The highest BCUT2D eigenvalue weighted by molar-refractivity contribution is 5.80. The van der Waals surface area contributed by atoms with Gasteiger partial charge in [-0.3, -0.25) is 4.79 Å². The normalized spacial score (nSPS) is 22.7. The zero-order chi connectivity index (χ0) is 38.2. The third-order valence-electron chi connectivity index (χ3n) is 10.1. The van der Waals surface area contributed by atoms with Crippen molar-refractivity contribution in [1.82, 2.24) is 5.32 Å². The molecule has 1 amide bonds. The van der Waals surface area contributed by atoms with Gasteiger partial charge in [-0.25, -0.2) is 0 Å². The second-order valence-electron chi connectivity index (χ2n) is 14.9. The smallest absolute Gasteiger partial charge is 0.249 e. The average molecular weight is 742 g/mol. The van der Waals surface area contributed by atoms with Crippen LogP contribution in [-0.4, -0.2) is 98.7 Å². The van der Waals surface area contributed by atoms with Crippen LogP contribution in [0.1, 0.15) is 174 Å². The summed E-state index contributed by atoms with van der Waals surface area (Å²) in [7, 11) is 0. The van der Waals surface area contributed by atoms with Gasteiger partial charge in [-0.1, -0.05) is 167 Å². The summed E-state index contributed by atoms with van der Waals surface area (Å²) in [6.07, 6.45) is 26.9. The van der Waals surface area contributed by atoms with Crippen molar-refractivity contribution in [3.8, 4) is 0 Å². The number of carbonyl (C=O) groups is 1. The van der Waals surface area contributed by atoms with E-state index in [1.165, 1.54) is 109 Å². The predicted molar refractivity (Wildman–Crippen MR) is 209 cm³/mol. The third-order valence-corrected chi connectivity index (χ3v) is 10.1. The fourth-order valence-electron chi connectivity index (χ4n) is 6.59. The van der Waals surface area contributed by atoms with Crippen LogP contribution >= 0.6 is 0 Å². The van der Waals surface area contributed by atoms with Gasteiger partial charge in [0.1, 0.15) is 30.5 Å². The van der Waals surface area contributed by atoms with Gasteiger partial charge in [0, 0.05) is 0 Å². The maximum atomic E-state index is 13.0. The van der Waals surface area contributed by atoms with Gasteiger partial charge in [0.05, 0.1) is 25.4 Å². The van der Waals surface area contributed by atoms with Gasteiger partial charge in [0.25, 0.3) is 0 Å². The second-order valence-corrected chi connectivity index (χ2v) is 14.9. The van der Waals surface area contributed by atoms with Crippen LogP contribution in [0.4, 0.5) is 0 Å². The number of rotatable bonds is 34. The molecule has 10 nitrogen and oxygen atoms in total. The summed E-state index contributed by atoms with van der Waals surface area (Å²) in [6, 6.07) is -0.991. The molecule has 52 heavy (non-hydrogen) atoms. The Morgan fingerprint density at radius 1 is 0.654 bits per heavy atom. The Kier molecular flexibility index (Phi) is 30.9. The molecule has 0 radical (unpaired) electrons. The van der Waals surface area contributed by atoms with Crippen LogP contribution in [0, 0.1) is 0 Å². The van der Waals surface area contributed by atoms with E-state index in [0.717, 1.165) is 32.1 Å². The lowest BCUT2D eigenvalue weighted by molar-refractivity contribution is -0.302. The summed E-state index contributed by atoms with van der Waals surface area (Å²) < 4.78 is 11.1. The fourth-order valence-corrected chi connectivity index (χ4v) is 6.59. The van der Waals surface area contributed by atoms with Gasteiger partial charge in [-0.05, 0) is 32.1 Å². The molecule has 7 N–H and O–H groups in total. The number of aliphatic hydroxyl groups is 6. The van der Waals surface area contributed by atoms with Crippen LogP contribution in [0.5, 0.6) is 0 Å². The van der Waals surface area contributed by atoms with E-state index in [4.69, 9.17) is 9.47 Å². The molecule has 0 saturated carbocycles. The summed E-state index contributed by atoms with van der Waals surface area (Å²) in [5, 5.41) is 64.4. The Hall–Kier alpha value is -1.37. The minimum atomic E-state index is -1.61. The molecule has 1 fully saturated rings. The zero-order valence-corrected chi connectivity index (χ0v) is 32.9. The van der Waals surface area contributed by atoms with Crippen molar-refractivity contribution < 1.29 is 44.9 Å². The van der Waals surface area contributed by atoms with Gasteiger partial charge in [-0.2, -0.15) is 0 Å². The Morgan fingerprint density at radius 2 is 1.13 bits per heavy atom. The molecule has 8 atom stereocenters. The van der Waals surface area contributed by atoms with Gasteiger partial charge < -0.3 is 45.4 Å². The maximum absolute atomic E-state index is 13.0. The number of aliphatic hydroxyl groups excluding tert-OH is 6. The molecule has 0 aromatic rings. The number of unbranched alkanes of at least 4 members (excludes halogenated alkanes) is 21. The minimum Gasteiger partial charge on any atom is -0.394 e. The van der Waals surface area contributed by atoms with E-state index in [-0.39, 0.29) is 6.61 Å². The molecule has 1 heterocycles. The topological polar surface area (TPSA) is 169 Å². The first kappa shape index (κ1) is 48.6. The van der Waals surface area contributed by atoms with Crippen LogP contribution in [0.15, 0.2) is 24.3 Å². The van der Waals surface area contributed by atoms with Crippen molar-refractivity contribution in [3.05, 3.63) is 24.3 Å². The lowest BCUT2D eigenvalue weighted by Gasteiger charge is -2.40. The molecule has 0 spiro atoms. The van der Waals surface area contributed by atoms with Crippen LogP contribution in [0.25, 0.3) is 0 Å². The molecule has 1 aliphatic heterocycles. The van der Waals surface area contributed by atoms with Crippen LogP contribution in [-0.2, 0) is 14.3 Å². The number of amides is 1. The molecule has 0 aliphatic carbocycles. The SMILES string of the molecule is CCCCCCCCC/C=C/CC/C=C/[C@@H](O)[C@H](CO[C@@H]1O[C@H](CO)[C@@H](O)[C@H](O)[C@H]1O)NC(=O)[C@@H](O)CCCCCCCCCCCCCCCC. The Bertz CT molecular complexity index is 886. The van der Waals surface area contributed by atoms with Gasteiger partial charge >= 0.3 is 0 Å². The lowest BCUT2D eigenvalue weighted by Crippen LogP contribution is -2.60. The third kappa shape index (κ3) is 23.4. The maximum Gasteiger partial charge on any atom is 0.249 e. The Morgan fingerprint density at radius 3 is 1.67 bits per heavy atom. The van der Waals surface area contributed by atoms with Crippen molar-refractivity contribution in [2.24, 2.45) is 0 Å². The van der Waals surface area contributed by atoms with Crippen LogP contribution in [0.2, 0.25) is 0 Å². The predicted octanol–water partition coefficient (Wildman–Crippen LogP) is 6.91. The van der Waals surface area contributed by atoms with E-state index >= 15 is 0 Å². The monoisotopic (exact) mass is 742 g/mol. The van der Waals surface area contributed by atoms with Crippen molar-refractivity contribution in [2.75, 3.05) is 13.2 Å². The average Bonchev–Trinajstić information content (AvgIpc) is 3.14. The number of allylic oxidation sites excluding steroid dienone is 3. The molecule has 0 unspecified atom stereocenters. The van der Waals surface area contributed by atoms with Crippen LogP contribution in [0.3, 0.4) is 0 Å². The highest BCUT2D eigenvalue weighted by atomic mass is 16.7. The van der Waals surface area contributed by atoms with Crippen molar-refractivity contribution in [2.45, 2.75) is 223 Å². The standard InChI is InChI=1S/C42H79NO9/c1-3-5-7-9-11-13-15-17-19-21-23-25-27-29-31-36(46)41(50)43-34(33-51-42-40(49)39(48)38(47)37(32-44)52-42)35(45)30-28-26-24-22-20-18-16-14-12-10-8-6-4-2/h20,22,28,30,34-40,42,44-49H,3-19,21,23-27,29,31-33H2,1-2H3,(H,43,50)/b22-20+,30-28+/t34-,35+,36-,37+,38+,39-,40+,42+/m0/s1. The van der Waals surface area contributed by atoms with E-state index in [0.29, 0.717) is 19.3 Å². The molecule has 1 rings (SSSR count). The summed E-state index contributed by atoms with van der Waals surface area (Å²) in [5.74, 6) is -0.627. The fraction of sp³-hybridized carbons (Fsp3) is 0.881. The molecule has 0 bridgehead atoms. The van der Waals surface area contributed by atoms with Gasteiger partial charge in [0.2, 0.25) is 5.91 Å². The second kappa shape index (κ2) is 33.0. The molecular formula is C42H79NO9. The molecular weight excluding hydrogens is 662 g/mol. The summed E-state index contributed by atoms with van der Waals surface area (Å²) >= 11 is 0. The Balaban J connectivity index is 2.50. The number of hydrogen-bond acceptors (Lipinski definition) is 9. The zero-order valence-electron chi connectivity index (χ0n) is 32.9. The number of carbonyl (C=O) groups excluding carboxylic acids is 1. The summed E-state index contributed by atoms with van der Waals surface area (Å²) in [6.45, 7) is 3.56. The first-order chi connectivity index (χ1) is 25.3. The van der Waals surface area contributed by atoms with E-state index in [1.54, 1.807) is 6.08 Å². The van der Waals surface area contributed by atoms with Crippen molar-refractivity contribution >= 4 is 5.91 Å². The highest BCUT2D eigenvalue weighted by Crippen LogP contribution is 2.22. The summed E-state index contributed by atoms with van der Waals surface area (Å²) in [4.78, 5) is 13.0. The van der Waals surface area contributed by atoms with Crippen LogP contribution < -0.4 is 5.32 Å². The minimum absolute atomic E-state index is 0.307. The quantitative estimate of drug-likeness (QED) is 0.0274. The Labute approximate surface area is 316 Å².